The van der Waals surface area contributed by atoms with Gasteiger partial charge in [-0.1, -0.05) is 42.5 Å². The first-order chi connectivity index (χ1) is 10.5. The van der Waals surface area contributed by atoms with E-state index in [0.717, 1.165) is 11.1 Å². The topological polar surface area (TPSA) is 27.0 Å². The first kappa shape index (κ1) is 8.55. The molecule has 1 aliphatic rings. The van der Waals surface area contributed by atoms with Crippen LogP contribution in [-0.2, 0) is 0 Å². The summed E-state index contributed by atoms with van der Waals surface area (Å²) in [5.41, 5.74) is 2.22. The van der Waals surface area contributed by atoms with Crippen molar-refractivity contribution in [1.82, 2.24) is 0 Å². The Hall–Kier alpha value is -2.53. The number of para-hydroxylation sites is 1. The molecule has 1 atom stereocenters. The number of benzene rings is 2. The molecule has 0 N–H and O–H groups in total. The van der Waals surface area contributed by atoms with Gasteiger partial charge in [0, 0.05) is 14.6 Å². The lowest BCUT2D eigenvalue weighted by Gasteiger charge is -2.33. The van der Waals surface area contributed by atoms with E-state index >= 15 is 0 Å². The molecule has 2 aromatic rings. The Labute approximate surface area is 117 Å². The lowest BCUT2D eigenvalue weighted by molar-refractivity contribution is 0.703. The highest BCUT2D eigenvalue weighted by molar-refractivity contribution is 5.66. The number of nitrogens with zero attached hydrogens (tertiary/aromatic N) is 2. The fraction of sp³-hybridized carbons (Fsp3) is 0.118. The minimum Gasteiger partial charge on any atom is -0.339 e. The molecule has 2 aromatic carbocycles. The number of nitriles is 1. The van der Waals surface area contributed by atoms with Gasteiger partial charge in [0.1, 0.15) is 0 Å². The molecule has 0 saturated heterocycles. The third-order valence-corrected chi connectivity index (χ3v) is 3.16. The van der Waals surface area contributed by atoms with E-state index in [2.05, 4.69) is 0 Å². The molecule has 0 radical (unpaired) electrons. The fourth-order valence-electron chi connectivity index (χ4n) is 2.28. The Bertz CT molecular complexity index is 777. The second-order valence-electron chi connectivity index (χ2n) is 4.26. The highest BCUT2D eigenvalue weighted by Crippen LogP contribution is 2.35. The van der Waals surface area contributed by atoms with Gasteiger partial charge in [-0.15, -0.1) is 0 Å². The van der Waals surface area contributed by atoms with Crippen molar-refractivity contribution in [3.8, 4) is 6.07 Å². The van der Waals surface area contributed by atoms with E-state index in [1.54, 1.807) is 41.4 Å². The predicted octanol–water partition coefficient (Wildman–Crippen LogP) is 4.13. The summed E-state index contributed by atoms with van der Waals surface area (Å²) < 4.78 is 24.3. The van der Waals surface area contributed by atoms with Gasteiger partial charge in [-0.05, 0) is 29.3 Å². The number of anilines is 1. The number of hydrogen-bond acceptors (Lipinski definition) is 2. The van der Waals surface area contributed by atoms with E-state index in [1.807, 2.05) is 30.3 Å². The third kappa shape index (κ3) is 2.11. The molecular weight excluding hydrogens is 232 g/mol. The molecule has 2 heteroatoms. The molecule has 0 amide bonds. The Morgan fingerprint density at radius 1 is 1.21 bits per heavy atom. The van der Waals surface area contributed by atoms with E-state index in [-0.39, 0.29) is 0 Å². The summed E-state index contributed by atoms with van der Waals surface area (Å²) in [5, 5.41) is 9.28. The molecule has 0 saturated carbocycles. The maximum Gasteiger partial charge on any atom is 0.0721 e. The van der Waals surface area contributed by atoms with E-state index in [9.17, 15) is 5.26 Å². The maximum absolute atomic E-state index is 9.28. The largest absolute Gasteiger partial charge is 0.339 e. The van der Waals surface area contributed by atoms with Gasteiger partial charge < -0.3 is 4.90 Å². The SMILES string of the molecule is [2H]c1ccccc1N1C=Cc2ccccc2C1C([2H])([2H])C#N. The molecule has 3 rings (SSSR count). The van der Waals surface area contributed by atoms with Crippen molar-refractivity contribution >= 4 is 11.8 Å². The van der Waals surface area contributed by atoms with Gasteiger partial charge in [0.05, 0.1) is 19.9 Å². The zero-order valence-corrected chi connectivity index (χ0v) is 10.2. The van der Waals surface area contributed by atoms with E-state index in [0.29, 0.717) is 11.7 Å². The van der Waals surface area contributed by atoms with Gasteiger partial charge in [0.15, 0.2) is 0 Å². The van der Waals surface area contributed by atoms with Crippen LogP contribution in [0, 0.1) is 11.3 Å². The van der Waals surface area contributed by atoms with Gasteiger partial charge >= 0.3 is 0 Å². The Balaban J connectivity index is 2.20. The fourth-order valence-corrected chi connectivity index (χ4v) is 2.28. The second kappa shape index (κ2) is 4.99. The minimum absolute atomic E-state index is 0.297. The minimum atomic E-state index is -2.08. The zero-order chi connectivity index (χ0) is 15.7. The molecule has 1 unspecified atom stereocenters. The van der Waals surface area contributed by atoms with E-state index in [1.165, 1.54) is 0 Å². The van der Waals surface area contributed by atoms with Crippen molar-refractivity contribution in [3.63, 3.8) is 0 Å². The predicted molar refractivity (Wildman–Crippen MR) is 77.4 cm³/mol. The molecule has 0 aliphatic carbocycles. The monoisotopic (exact) mass is 249 g/mol. The number of fused-ring (bicyclic) bond motifs is 1. The molecule has 0 spiro atoms. The highest BCUT2D eigenvalue weighted by atomic mass is 15.1. The lowest BCUT2D eigenvalue weighted by Crippen LogP contribution is -2.25. The zero-order valence-electron chi connectivity index (χ0n) is 13.2. The second-order valence-corrected chi connectivity index (χ2v) is 4.26. The van der Waals surface area contributed by atoms with Crippen molar-refractivity contribution in [3.05, 3.63) is 71.9 Å². The van der Waals surface area contributed by atoms with Crippen LogP contribution in [0.3, 0.4) is 0 Å². The van der Waals surface area contributed by atoms with E-state index < -0.39 is 12.4 Å². The smallest absolute Gasteiger partial charge is 0.0721 e. The average molecular weight is 249 g/mol. The van der Waals surface area contributed by atoms with Crippen LogP contribution in [-0.4, -0.2) is 0 Å². The molecular formula is C17H14N2. The Kier molecular flexibility index (Phi) is 2.25. The van der Waals surface area contributed by atoms with Gasteiger partial charge in [-0.3, -0.25) is 0 Å². The van der Waals surface area contributed by atoms with Crippen molar-refractivity contribution < 1.29 is 4.11 Å². The van der Waals surface area contributed by atoms with Crippen molar-refractivity contribution in [2.45, 2.75) is 12.4 Å². The van der Waals surface area contributed by atoms with Crippen LogP contribution in [0.1, 0.15) is 27.7 Å². The van der Waals surface area contributed by atoms with Crippen molar-refractivity contribution in [2.24, 2.45) is 0 Å². The van der Waals surface area contributed by atoms with Gasteiger partial charge in [-0.2, -0.15) is 5.26 Å². The van der Waals surface area contributed by atoms with Crippen LogP contribution < -0.4 is 4.90 Å². The van der Waals surface area contributed by atoms with Crippen LogP contribution in [0.4, 0.5) is 5.69 Å². The Morgan fingerprint density at radius 3 is 2.89 bits per heavy atom. The van der Waals surface area contributed by atoms with E-state index in [4.69, 9.17) is 4.11 Å². The highest BCUT2D eigenvalue weighted by Gasteiger charge is 2.23. The molecule has 0 bridgehead atoms. The third-order valence-electron chi connectivity index (χ3n) is 3.16. The summed E-state index contributed by atoms with van der Waals surface area (Å²) in [6, 6.07) is 15.7. The summed E-state index contributed by atoms with van der Waals surface area (Å²) in [7, 11) is 0. The first-order valence-corrected chi connectivity index (χ1v) is 6.07. The van der Waals surface area contributed by atoms with Crippen LogP contribution in [0.2, 0.25) is 0 Å². The molecule has 0 aromatic heterocycles. The van der Waals surface area contributed by atoms with Crippen LogP contribution in [0.25, 0.3) is 6.08 Å². The van der Waals surface area contributed by atoms with Crippen LogP contribution in [0.5, 0.6) is 0 Å². The molecule has 1 heterocycles. The lowest BCUT2D eigenvalue weighted by atomic mass is 9.94. The summed E-state index contributed by atoms with van der Waals surface area (Å²) in [6.45, 7) is 0. The molecule has 2 nitrogen and oxygen atoms in total. The van der Waals surface area contributed by atoms with Crippen LogP contribution >= 0.6 is 0 Å². The number of rotatable bonds is 2. The van der Waals surface area contributed by atoms with Crippen molar-refractivity contribution in [2.75, 3.05) is 4.90 Å². The molecule has 19 heavy (non-hydrogen) atoms. The van der Waals surface area contributed by atoms with Crippen LogP contribution in [0.15, 0.2) is 60.8 Å². The first-order valence-electron chi connectivity index (χ1n) is 7.57. The molecule has 0 fully saturated rings. The summed E-state index contributed by atoms with van der Waals surface area (Å²) >= 11 is 0. The molecule has 1 aliphatic heterocycles. The summed E-state index contributed by atoms with van der Waals surface area (Å²) in [6.07, 6.45) is 1.55. The Morgan fingerprint density at radius 2 is 2.05 bits per heavy atom. The normalized spacial score (nSPS) is 19.8. The van der Waals surface area contributed by atoms with Crippen molar-refractivity contribution in [1.29, 1.82) is 5.26 Å². The molecule has 92 valence electrons. The summed E-state index contributed by atoms with van der Waals surface area (Å²) in [5.74, 6) is 0. The van der Waals surface area contributed by atoms with Gasteiger partial charge in [0.25, 0.3) is 0 Å². The average Bonchev–Trinajstić information content (AvgIpc) is 2.54. The standard InChI is InChI=1S/C17H14N2/c18-12-10-17-16-9-5-4-6-14(16)11-13-19(17)15-7-2-1-3-8-15/h1-9,11,13,17H,10H2/i7D,10D2. The summed E-state index contributed by atoms with van der Waals surface area (Å²) in [4.78, 5) is 1.67. The quantitative estimate of drug-likeness (QED) is 0.800. The van der Waals surface area contributed by atoms with Gasteiger partial charge in [0.2, 0.25) is 0 Å². The maximum atomic E-state index is 9.28. The number of hydrogen-bond donors (Lipinski definition) is 0. The van der Waals surface area contributed by atoms with Gasteiger partial charge in [-0.25, -0.2) is 0 Å².